The highest BCUT2D eigenvalue weighted by Gasteiger charge is 2.18. The molecule has 148 valence electrons. The number of anilines is 1. The van der Waals surface area contributed by atoms with Crippen LogP contribution in [-0.4, -0.2) is 48.8 Å². The number of likely N-dealkylation sites (N-methyl/N-ethyl adjacent to an activating group) is 1. The first-order chi connectivity index (χ1) is 13.6. The van der Waals surface area contributed by atoms with E-state index in [2.05, 4.69) is 5.32 Å². The van der Waals surface area contributed by atoms with Gasteiger partial charge in [-0.3, -0.25) is 14.4 Å². The van der Waals surface area contributed by atoms with Crippen molar-refractivity contribution in [3.8, 4) is 11.5 Å². The molecule has 0 bridgehead atoms. The van der Waals surface area contributed by atoms with E-state index in [9.17, 15) is 14.4 Å². The Balaban J connectivity index is 1.51. The molecular formula is C20H22N2O5S. The lowest BCUT2D eigenvalue weighted by Crippen LogP contribution is -2.38. The highest BCUT2D eigenvalue weighted by molar-refractivity contribution is 7.12. The number of carbonyl (C=O) groups is 3. The van der Waals surface area contributed by atoms with Gasteiger partial charge in [-0.2, -0.15) is 0 Å². The van der Waals surface area contributed by atoms with Crippen molar-refractivity contribution < 1.29 is 23.9 Å². The van der Waals surface area contributed by atoms with E-state index < -0.39 is 0 Å². The van der Waals surface area contributed by atoms with Gasteiger partial charge < -0.3 is 19.7 Å². The summed E-state index contributed by atoms with van der Waals surface area (Å²) >= 11 is 1.36. The van der Waals surface area contributed by atoms with Crippen molar-refractivity contribution in [1.82, 2.24) is 4.90 Å². The third-order valence-corrected chi connectivity index (χ3v) is 5.17. The number of ketones is 1. The Kier molecular flexibility index (Phi) is 6.65. The Hall–Kier alpha value is -2.87. The number of Topliss-reactive ketones (excluding diaryl/α,β-unsaturated/α-hetero) is 1. The maximum atomic E-state index is 12.4. The number of nitrogens with one attached hydrogen (secondary N) is 1. The Labute approximate surface area is 167 Å². The minimum atomic E-state index is -0.309. The maximum Gasteiger partial charge on any atom is 0.243 e. The Morgan fingerprint density at radius 1 is 1.11 bits per heavy atom. The van der Waals surface area contributed by atoms with E-state index in [1.807, 2.05) is 5.38 Å². The summed E-state index contributed by atoms with van der Waals surface area (Å²) in [7, 11) is 0. The van der Waals surface area contributed by atoms with Crippen molar-refractivity contribution in [2.24, 2.45) is 0 Å². The number of hydrogen-bond donors (Lipinski definition) is 1. The van der Waals surface area contributed by atoms with Gasteiger partial charge in [0.15, 0.2) is 17.3 Å². The molecule has 2 aromatic rings. The molecule has 0 fully saturated rings. The van der Waals surface area contributed by atoms with Gasteiger partial charge in [0, 0.05) is 31.1 Å². The minimum absolute atomic E-state index is 0.0554. The summed E-state index contributed by atoms with van der Waals surface area (Å²) in [5.74, 6) is 0.644. The topological polar surface area (TPSA) is 84.9 Å². The van der Waals surface area contributed by atoms with E-state index in [-0.39, 0.29) is 37.0 Å². The van der Waals surface area contributed by atoms with Gasteiger partial charge >= 0.3 is 0 Å². The zero-order valence-corrected chi connectivity index (χ0v) is 16.4. The molecule has 0 unspecified atom stereocenters. The number of ether oxygens (including phenoxy) is 2. The molecular weight excluding hydrogens is 380 g/mol. The fourth-order valence-electron chi connectivity index (χ4n) is 2.81. The van der Waals surface area contributed by atoms with Crippen molar-refractivity contribution in [3.63, 3.8) is 0 Å². The van der Waals surface area contributed by atoms with Gasteiger partial charge in [0.2, 0.25) is 11.8 Å². The molecule has 0 saturated heterocycles. The first-order valence-electron chi connectivity index (χ1n) is 9.11. The predicted octanol–water partition coefficient (Wildman–Crippen LogP) is 2.97. The molecule has 0 radical (unpaired) electrons. The van der Waals surface area contributed by atoms with Crippen molar-refractivity contribution in [1.29, 1.82) is 0 Å². The standard InChI is InChI=1S/C20H22N2O5S/c1-2-22(20(25)8-6-15(23)18-4-3-11-28-18)13-19(24)21-14-5-7-16-17(12-14)27-10-9-26-16/h3-5,7,11-12H,2,6,8-10,13H2,1H3,(H,21,24). The zero-order valence-electron chi connectivity index (χ0n) is 15.6. The number of amides is 2. The fraction of sp³-hybridized carbons (Fsp3) is 0.350. The van der Waals surface area contributed by atoms with Crippen LogP contribution in [-0.2, 0) is 9.59 Å². The quantitative estimate of drug-likeness (QED) is 0.686. The summed E-state index contributed by atoms with van der Waals surface area (Å²) in [6.45, 7) is 3.09. The number of rotatable bonds is 8. The molecule has 1 aliphatic rings. The summed E-state index contributed by atoms with van der Waals surface area (Å²) < 4.78 is 11.0. The second-order valence-corrected chi connectivity index (χ2v) is 7.16. The van der Waals surface area contributed by atoms with Crippen LogP contribution in [0.2, 0.25) is 0 Å². The molecule has 0 saturated carbocycles. The molecule has 1 aliphatic heterocycles. The zero-order chi connectivity index (χ0) is 19.9. The van der Waals surface area contributed by atoms with Gasteiger partial charge in [-0.05, 0) is 30.5 Å². The third kappa shape index (κ3) is 5.10. The average Bonchev–Trinajstić information content (AvgIpc) is 3.25. The van der Waals surface area contributed by atoms with Crippen LogP contribution in [0.5, 0.6) is 11.5 Å². The molecule has 0 aliphatic carbocycles. The molecule has 28 heavy (non-hydrogen) atoms. The lowest BCUT2D eigenvalue weighted by Gasteiger charge is -2.21. The molecule has 1 N–H and O–H groups in total. The molecule has 2 heterocycles. The average molecular weight is 402 g/mol. The Bertz CT molecular complexity index is 850. The Morgan fingerprint density at radius 3 is 2.61 bits per heavy atom. The largest absolute Gasteiger partial charge is 0.486 e. The van der Waals surface area contributed by atoms with Crippen molar-refractivity contribution in [3.05, 3.63) is 40.6 Å². The van der Waals surface area contributed by atoms with Crippen molar-refractivity contribution in [2.75, 3.05) is 31.6 Å². The molecule has 1 aromatic heterocycles. The SMILES string of the molecule is CCN(CC(=O)Nc1ccc2c(c1)OCCO2)C(=O)CCC(=O)c1cccs1. The molecule has 3 rings (SSSR count). The van der Waals surface area contributed by atoms with E-state index in [1.165, 1.54) is 16.2 Å². The first-order valence-corrected chi connectivity index (χ1v) is 9.98. The third-order valence-electron chi connectivity index (χ3n) is 4.26. The fourth-order valence-corrected chi connectivity index (χ4v) is 3.50. The number of benzene rings is 1. The highest BCUT2D eigenvalue weighted by Crippen LogP contribution is 2.32. The lowest BCUT2D eigenvalue weighted by atomic mass is 10.2. The highest BCUT2D eigenvalue weighted by atomic mass is 32.1. The normalized spacial score (nSPS) is 12.3. The van der Waals surface area contributed by atoms with E-state index in [1.54, 1.807) is 37.3 Å². The number of nitrogens with zero attached hydrogens (tertiary/aromatic N) is 1. The van der Waals surface area contributed by atoms with E-state index >= 15 is 0 Å². The molecule has 7 nitrogen and oxygen atoms in total. The molecule has 8 heteroatoms. The van der Waals surface area contributed by atoms with Crippen LogP contribution in [0.15, 0.2) is 35.7 Å². The van der Waals surface area contributed by atoms with Crippen LogP contribution in [0.1, 0.15) is 29.4 Å². The van der Waals surface area contributed by atoms with Crippen LogP contribution in [0, 0.1) is 0 Å². The Morgan fingerprint density at radius 2 is 1.89 bits per heavy atom. The van der Waals surface area contributed by atoms with Gasteiger partial charge in [-0.15, -0.1) is 11.3 Å². The lowest BCUT2D eigenvalue weighted by molar-refractivity contribution is -0.134. The van der Waals surface area contributed by atoms with Gasteiger partial charge in [0.1, 0.15) is 13.2 Å². The van der Waals surface area contributed by atoms with Crippen molar-refractivity contribution in [2.45, 2.75) is 19.8 Å². The van der Waals surface area contributed by atoms with Crippen molar-refractivity contribution >= 4 is 34.6 Å². The molecule has 2 amide bonds. The van der Waals surface area contributed by atoms with E-state index in [0.717, 1.165) is 0 Å². The van der Waals surface area contributed by atoms with Crippen LogP contribution < -0.4 is 14.8 Å². The van der Waals surface area contributed by atoms with E-state index in [0.29, 0.717) is 41.8 Å². The number of thiophene rings is 1. The van der Waals surface area contributed by atoms with Gasteiger partial charge in [-0.25, -0.2) is 0 Å². The number of carbonyl (C=O) groups excluding carboxylic acids is 3. The van der Waals surface area contributed by atoms with Gasteiger partial charge in [0.05, 0.1) is 11.4 Å². The summed E-state index contributed by atoms with van der Waals surface area (Å²) in [5.41, 5.74) is 0.575. The van der Waals surface area contributed by atoms with E-state index in [4.69, 9.17) is 9.47 Å². The van der Waals surface area contributed by atoms with Crippen LogP contribution in [0.25, 0.3) is 0 Å². The van der Waals surface area contributed by atoms with Gasteiger partial charge in [-0.1, -0.05) is 6.07 Å². The second-order valence-electron chi connectivity index (χ2n) is 6.22. The summed E-state index contributed by atoms with van der Waals surface area (Å²) in [4.78, 5) is 38.9. The minimum Gasteiger partial charge on any atom is -0.486 e. The number of fused-ring (bicyclic) bond motifs is 1. The molecule has 1 aromatic carbocycles. The number of hydrogen-bond acceptors (Lipinski definition) is 6. The summed E-state index contributed by atoms with van der Waals surface area (Å²) in [6, 6.07) is 8.71. The molecule has 0 spiro atoms. The maximum absolute atomic E-state index is 12.4. The molecule has 0 atom stereocenters. The van der Waals surface area contributed by atoms with Crippen LogP contribution >= 0.6 is 11.3 Å². The summed E-state index contributed by atoms with van der Waals surface area (Å²) in [6.07, 6.45) is 0.224. The van der Waals surface area contributed by atoms with Crippen LogP contribution in [0.3, 0.4) is 0 Å². The monoisotopic (exact) mass is 402 g/mol. The summed E-state index contributed by atoms with van der Waals surface area (Å²) in [5, 5.41) is 4.59. The second kappa shape index (κ2) is 9.36. The van der Waals surface area contributed by atoms with Gasteiger partial charge in [0.25, 0.3) is 0 Å². The predicted molar refractivity (Wildman–Crippen MR) is 106 cm³/mol. The van der Waals surface area contributed by atoms with Crippen LogP contribution in [0.4, 0.5) is 5.69 Å². The smallest absolute Gasteiger partial charge is 0.243 e. The first kappa shape index (κ1) is 19.9.